The molecule has 0 spiro atoms. The largest absolute Gasteiger partial charge is 0.329 e. The number of hydrogen-bond acceptors (Lipinski definition) is 3. The minimum Gasteiger partial charge on any atom is -0.329 e. The molecule has 0 bridgehead atoms. The van der Waals surface area contributed by atoms with Crippen LogP contribution in [0.1, 0.15) is 0 Å². The van der Waals surface area contributed by atoms with Crippen molar-refractivity contribution in [2.45, 2.75) is 6.54 Å². The number of aromatic nitrogens is 2. The summed E-state index contributed by atoms with van der Waals surface area (Å²) < 4.78 is 3.11. The van der Waals surface area contributed by atoms with E-state index < -0.39 is 0 Å². The van der Waals surface area contributed by atoms with Crippen molar-refractivity contribution < 1.29 is 0 Å². The van der Waals surface area contributed by atoms with Crippen LogP contribution in [0, 0.1) is 0 Å². The second kappa shape index (κ2) is 5.64. The molecular weight excluding hydrogens is 316 g/mol. The van der Waals surface area contributed by atoms with Crippen molar-refractivity contribution >= 4 is 38.6 Å². The minimum absolute atomic E-state index is 0.574. The Morgan fingerprint density at radius 3 is 2.65 bits per heavy atom. The third-order valence-electron chi connectivity index (χ3n) is 3.13. The molecule has 0 amide bonds. The fourth-order valence-electron chi connectivity index (χ4n) is 2.21. The second-order valence-electron chi connectivity index (χ2n) is 4.47. The van der Waals surface area contributed by atoms with Gasteiger partial charge in [-0.15, -0.1) is 0 Å². The van der Waals surface area contributed by atoms with E-state index in [9.17, 15) is 0 Å². The van der Waals surface area contributed by atoms with Crippen LogP contribution < -0.4 is 11.1 Å². The van der Waals surface area contributed by atoms with Crippen LogP contribution in [0.15, 0.2) is 53.0 Å². The molecule has 102 valence electrons. The lowest BCUT2D eigenvalue weighted by Gasteiger charge is -2.10. The van der Waals surface area contributed by atoms with Crippen LogP contribution in [-0.4, -0.2) is 16.1 Å². The predicted molar refractivity (Wildman–Crippen MR) is 86.2 cm³/mol. The Morgan fingerprint density at radius 1 is 1.10 bits per heavy atom. The summed E-state index contributed by atoms with van der Waals surface area (Å²) in [5.41, 5.74) is 8.76. The summed E-state index contributed by atoms with van der Waals surface area (Å²) in [6.45, 7) is 1.30. The smallest absolute Gasteiger partial charge is 0.208 e. The van der Waals surface area contributed by atoms with E-state index in [-0.39, 0.29) is 0 Å². The van der Waals surface area contributed by atoms with Crippen LogP contribution in [0.25, 0.3) is 11.0 Å². The summed E-state index contributed by atoms with van der Waals surface area (Å²) in [5, 5.41) is 3.36. The number of fused-ring (bicyclic) bond motifs is 1. The highest BCUT2D eigenvalue weighted by atomic mass is 79.9. The van der Waals surface area contributed by atoms with Crippen molar-refractivity contribution in [2.24, 2.45) is 5.73 Å². The van der Waals surface area contributed by atoms with Crippen molar-refractivity contribution in [3.8, 4) is 0 Å². The summed E-state index contributed by atoms with van der Waals surface area (Å²) in [6, 6.07) is 16.1. The lowest BCUT2D eigenvalue weighted by atomic mass is 10.3. The first-order valence-corrected chi connectivity index (χ1v) is 7.26. The van der Waals surface area contributed by atoms with Gasteiger partial charge in [0, 0.05) is 17.6 Å². The zero-order valence-corrected chi connectivity index (χ0v) is 12.5. The Kier molecular flexibility index (Phi) is 3.71. The number of imidazole rings is 1. The fraction of sp³-hybridized carbons (Fsp3) is 0.133. The average molecular weight is 331 g/mol. The highest BCUT2D eigenvalue weighted by Gasteiger charge is 2.10. The number of hydrogen-bond donors (Lipinski definition) is 2. The first kappa shape index (κ1) is 13.1. The lowest BCUT2D eigenvalue weighted by molar-refractivity contribution is 0.736. The molecule has 1 aromatic heterocycles. The number of rotatable bonds is 4. The number of halogens is 1. The molecule has 0 fully saturated rings. The SMILES string of the molecule is NCCn1c(Nc2ccccc2Br)nc2ccccc21. The van der Waals surface area contributed by atoms with E-state index in [0.717, 1.165) is 33.7 Å². The maximum absolute atomic E-state index is 5.72. The fourth-order valence-corrected chi connectivity index (χ4v) is 2.59. The Morgan fingerprint density at radius 2 is 1.85 bits per heavy atom. The van der Waals surface area contributed by atoms with E-state index in [1.54, 1.807) is 0 Å². The van der Waals surface area contributed by atoms with Gasteiger partial charge in [0.25, 0.3) is 0 Å². The maximum Gasteiger partial charge on any atom is 0.208 e. The Bertz CT molecular complexity index is 736. The molecule has 20 heavy (non-hydrogen) atoms. The molecule has 1 heterocycles. The van der Waals surface area contributed by atoms with Crippen LogP contribution in [0.2, 0.25) is 0 Å². The summed E-state index contributed by atoms with van der Waals surface area (Å²) in [6.07, 6.45) is 0. The Balaban J connectivity index is 2.06. The Hall–Kier alpha value is -1.85. The molecule has 3 aromatic rings. The van der Waals surface area contributed by atoms with E-state index >= 15 is 0 Å². The van der Waals surface area contributed by atoms with Gasteiger partial charge in [0.2, 0.25) is 5.95 Å². The zero-order chi connectivity index (χ0) is 13.9. The first-order chi connectivity index (χ1) is 9.79. The monoisotopic (exact) mass is 330 g/mol. The van der Waals surface area contributed by atoms with Crippen LogP contribution >= 0.6 is 15.9 Å². The van der Waals surface area contributed by atoms with Gasteiger partial charge >= 0.3 is 0 Å². The average Bonchev–Trinajstić information content (AvgIpc) is 2.80. The summed E-state index contributed by atoms with van der Waals surface area (Å²) in [4.78, 5) is 4.64. The van der Waals surface area contributed by atoms with Crippen LogP contribution in [0.3, 0.4) is 0 Å². The molecule has 0 saturated carbocycles. The number of benzene rings is 2. The highest BCUT2D eigenvalue weighted by Crippen LogP contribution is 2.27. The number of para-hydroxylation sites is 3. The van der Waals surface area contributed by atoms with E-state index in [2.05, 4.69) is 36.9 Å². The molecule has 2 aromatic carbocycles. The number of nitrogens with two attached hydrogens (primary N) is 1. The van der Waals surface area contributed by atoms with E-state index in [1.165, 1.54) is 0 Å². The molecule has 0 aliphatic rings. The van der Waals surface area contributed by atoms with Crippen molar-refractivity contribution in [2.75, 3.05) is 11.9 Å². The summed E-state index contributed by atoms with van der Waals surface area (Å²) >= 11 is 3.54. The van der Waals surface area contributed by atoms with Gasteiger partial charge in [-0.05, 0) is 40.2 Å². The van der Waals surface area contributed by atoms with E-state index in [1.807, 2.05) is 42.5 Å². The zero-order valence-electron chi connectivity index (χ0n) is 10.9. The molecule has 0 aliphatic carbocycles. The quantitative estimate of drug-likeness (QED) is 0.769. The van der Waals surface area contributed by atoms with Crippen LogP contribution in [-0.2, 0) is 6.54 Å². The maximum atomic E-state index is 5.72. The van der Waals surface area contributed by atoms with Gasteiger partial charge in [-0.1, -0.05) is 24.3 Å². The molecular formula is C15H15BrN4. The highest BCUT2D eigenvalue weighted by molar-refractivity contribution is 9.10. The van der Waals surface area contributed by atoms with Crippen LogP contribution in [0.5, 0.6) is 0 Å². The van der Waals surface area contributed by atoms with Gasteiger partial charge in [0.1, 0.15) is 0 Å². The lowest BCUT2D eigenvalue weighted by Crippen LogP contribution is -2.12. The van der Waals surface area contributed by atoms with Crippen molar-refractivity contribution in [1.29, 1.82) is 0 Å². The number of anilines is 2. The van der Waals surface area contributed by atoms with Crippen molar-refractivity contribution in [3.05, 3.63) is 53.0 Å². The van der Waals surface area contributed by atoms with Gasteiger partial charge in [-0.3, -0.25) is 0 Å². The van der Waals surface area contributed by atoms with Crippen molar-refractivity contribution in [1.82, 2.24) is 9.55 Å². The third-order valence-corrected chi connectivity index (χ3v) is 3.82. The van der Waals surface area contributed by atoms with Gasteiger partial charge in [-0.25, -0.2) is 4.98 Å². The molecule has 3 rings (SSSR count). The summed E-state index contributed by atoms with van der Waals surface area (Å²) in [7, 11) is 0. The van der Waals surface area contributed by atoms with Gasteiger partial charge in [0.05, 0.1) is 16.7 Å². The second-order valence-corrected chi connectivity index (χ2v) is 5.32. The van der Waals surface area contributed by atoms with Gasteiger partial charge < -0.3 is 15.6 Å². The predicted octanol–water partition coefficient (Wildman–Crippen LogP) is 3.50. The number of nitrogens with one attached hydrogen (secondary N) is 1. The standard InChI is InChI=1S/C15H15BrN4/c16-11-5-1-2-6-12(11)18-15-19-13-7-3-4-8-14(13)20(15)10-9-17/h1-8H,9-10,17H2,(H,18,19). The molecule has 0 aliphatic heterocycles. The minimum atomic E-state index is 0.574. The first-order valence-electron chi connectivity index (χ1n) is 6.46. The van der Waals surface area contributed by atoms with Crippen molar-refractivity contribution in [3.63, 3.8) is 0 Å². The molecule has 0 atom stereocenters. The Labute approximate surface area is 125 Å². The topological polar surface area (TPSA) is 55.9 Å². The van der Waals surface area contributed by atoms with Gasteiger partial charge in [0.15, 0.2) is 0 Å². The van der Waals surface area contributed by atoms with Gasteiger partial charge in [-0.2, -0.15) is 0 Å². The molecule has 5 heteroatoms. The van der Waals surface area contributed by atoms with Crippen LogP contribution in [0.4, 0.5) is 11.6 Å². The molecule has 0 radical (unpaired) electrons. The molecule has 0 unspecified atom stereocenters. The summed E-state index contributed by atoms with van der Waals surface area (Å²) in [5.74, 6) is 0.809. The molecule has 3 N–H and O–H groups in total. The van der Waals surface area contributed by atoms with E-state index in [0.29, 0.717) is 6.54 Å². The third kappa shape index (κ3) is 2.42. The molecule has 4 nitrogen and oxygen atoms in total. The molecule has 0 saturated heterocycles. The normalized spacial score (nSPS) is 10.9. The van der Waals surface area contributed by atoms with E-state index in [4.69, 9.17) is 5.73 Å². The number of nitrogens with zero attached hydrogens (tertiary/aromatic N) is 2.